The van der Waals surface area contributed by atoms with Crippen LogP contribution in [0.2, 0.25) is 0 Å². The van der Waals surface area contributed by atoms with Gasteiger partial charge >= 0.3 is 0 Å². The first kappa shape index (κ1) is 17.4. The van der Waals surface area contributed by atoms with Gasteiger partial charge in [-0.15, -0.1) is 5.10 Å². The van der Waals surface area contributed by atoms with Crippen molar-refractivity contribution in [3.63, 3.8) is 0 Å². The lowest BCUT2D eigenvalue weighted by Gasteiger charge is -2.31. The Morgan fingerprint density at radius 1 is 1.36 bits per heavy atom. The van der Waals surface area contributed by atoms with Crippen molar-refractivity contribution in [2.45, 2.75) is 42.8 Å². The van der Waals surface area contributed by atoms with E-state index in [1.165, 1.54) is 6.07 Å². The summed E-state index contributed by atoms with van der Waals surface area (Å²) < 4.78 is 13.8. The maximum atomic E-state index is 13.8. The monoisotopic (exact) mass is 359 g/mol. The molecule has 3 rings (SSSR count). The average Bonchev–Trinajstić information content (AvgIpc) is 3.10. The van der Waals surface area contributed by atoms with E-state index in [1.807, 2.05) is 0 Å². The van der Waals surface area contributed by atoms with Crippen LogP contribution in [0.3, 0.4) is 0 Å². The normalized spacial score (nSPS) is 16.2. The van der Waals surface area contributed by atoms with E-state index in [-0.39, 0.29) is 17.5 Å². The number of amides is 1. The highest BCUT2D eigenvalue weighted by molar-refractivity contribution is 7.99. The summed E-state index contributed by atoms with van der Waals surface area (Å²) in [5.41, 5.74) is -0.412. The van der Waals surface area contributed by atoms with Crippen molar-refractivity contribution < 1.29 is 9.18 Å². The molecule has 0 atom stereocenters. The molecule has 8 heteroatoms. The third-order valence-electron chi connectivity index (χ3n) is 4.23. The largest absolute Gasteiger partial charge is 0.337 e. The minimum absolute atomic E-state index is 0.109. The van der Waals surface area contributed by atoms with Crippen LogP contribution in [0.25, 0.3) is 11.4 Å². The predicted molar refractivity (Wildman–Crippen MR) is 92.1 cm³/mol. The molecular formula is C17H18FN5OS. The van der Waals surface area contributed by atoms with E-state index in [2.05, 4.69) is 26.6 Å². The smallest absolute Gasteiger partial charge is 0.231 e. The number of hydrogen-bond donors (Lipinski definition) is 2. The predicted octanol–water partition coefficient (Wildman–Crippen LogP) is 3.05. The molecule has 2 N–H and O–H groups in total. The summed E-state index contributed by atoms with van der Waals surface area (Å²) in [7, 11) is 0. The Morgan fingerprint density at radius 2 is 2.12 bits per heavy atom. The first-order chi connectivity index (χ1) is 12.1. The Hall–Kier alpha value is -2.40. The first-order valence-electron chi connectivity index (χ1n) is 8.14. The van der Waals surface area contributed by atoms with Gasteiger partial charge in [-0.1, -0.05) is 43.2 Å². The number of nitrogens with zero attached hydrogens (tertiary/aromatic N) is 3. The van der Waals surface area contributed by atoms with Gasteiger partial charge in [-0.25, -0.2) is 9.37 Å². The zero-order chi connectivity index (χ0) is 17.7. The molecule has 1 heterocycles. The molecule has 0 bridgehead atoms. The summed E-state index contributed by atoms with van der Waals surface area (Å²) in [5.74, 6) is -0.175. The van der Waals surface area contributed by atoms with Crippen LogP contribution in [0.5, 0.6) is 0 Å². The SMILES string of the molecule is N#CC1(NC(=O)CSc2n[nH]c(-c3ccccc3F)n2)CCCCC1. The molecule has 0 aliphatic heterocycles. The second kappa shape index (κ2) is 7.66. The molecule has 6 nitrogen and oxygen atoms in total. The molecule has 1 amide bonds. The second-order valence-corrected chi connectivity index (χ2v) is 6.98. The lowest BCUT2D eigenvalue weighted by atomic mass is 9.83. The number of nitriles is 1. The number of thioether (sulfide) groups is 1. The van der Waals surface area contributed by atoms with Gasteiger partial charge in [0.15, 0.2) is 5.82 Å². The Morgan fingerprint density at radius 3 is 2.84 bits per heavy atom. The van der Waals surface area contributed by atoms with E-state index >= 15 is 0 Å². The Kier molecular flexibility index (Phi) is 5.34. The minimum Gasteiger partial charge on any atom is -0.337 e. The fourth-order valence-electron chi connectivity index (χ4n) is 2.94. The van der Waals surface area contributed by atoms with Crippen LogP contribution in [-0.2, 0) is 4.79 Å². The fourth-order valence-corrected chi connectivity index (χ4v) is 3.54. The molecular weight excluding hydrogens is 341 g/mol. The van der Waals surface area contributed by atoms with Crippen molar-refractivity contribution in [2.75, 3.05) is 5.75 Å². The van der Waals surface area contributed by atoms with Crippen LogP contribution in [-0.4, -0.2) is 32.4 Å². The van der Waals surface area contributed by atoms with Crippen LogP contribution in [0, 0.1) is 17.1 Å². The number of carbonyl (C=O) groups excluding carboxylic acids is 1. The van der Waals surface area contributed by atoms with Gasteiger partial charge in [0.25, 0.3) is 0 Å². The number of benzene rings is 1. The van der Waals surface area contributed by atoms with E-state index < -0.39 is 5.54 Å². The zero-order valence-electron chi connectivity index (χ0n) is 13.6. The number of aromatic amines is 1. The number of hydrogen-bond acceptors (Lipinski definition) is 5. The highest BCUT2D eigenvalue weighted by Crippen LogP contribution is 2.28. The van der Waals surface area contributed by atoms with E-state index in [1.54, 1.807) is 18.2 Å². The van der Waals surface area contributed by atoms with Crippen molar-refractivity contribution >= 4 is 17.7 Å². The Labute approximate surface area is 149 Å². The summed E-state index contributed by atoms with van der Waals surface area (Å²) in [6, 6.07) is 8.53. The molecule has 1 aliphatic carbocycles. The van der Waals surface area contributed by atoms with Crippen molar-refractivity contribution in [1.29, 1.82) is 5.26 Å². The number of carbonyl (C=O) groups is 1. The second-order valence-electron chi connectivity index (χ2n) is 6.04. The summed E-state index contributed by atoms with van der Waals surface area (Å²) in [5, 5.41) is 19.3. The Balaban J connectivity index is 1.58. The number of nitrogens with one attached hydrogen (secondary N) is 2. The lowest BCUT2D eigenvalue weighted by Crippen LogP contribution is -2.49. The summed E-state index contributed by atoms with van der Waals surface area (Å²) in [6.07, 6.45) is 4.39. The quantitative estimate of drug-likeness (QED) is 0.800. The number of aromatic nitrogens is 3. The minimum atomic E-state index is -0.743. The van der Waals surface area contributed by atoms with Gasteiger partial charge in [-0.05, 0) is 25.0 Å². The molecule has 130 valence electrons. The van der Waals surface area contributed by atoms with Crippen LogP contribution in [0.15, 0.2) is 29.4 Å². The molecule has 25 heavy (non-hydrogen) atoms. The van der Waals surface area contributed by atoms with Gasteiger partial charge < -0.3 is 5.32 Å². The number of halogens is 1. The molecule has 2 aromatic rings. The van der Waals surface area contributed by atoms with E-state index in [0.29, 0.717) is 29.4 Å². The number of H-pyrrole nitrogens is 1. The summed E-state index contributed by atoms with van der Waals surface area (Å²) in [4.78, 5) is 16.4. The summed E-state index contributed by atoms with van der Waals surface area (Å²) >= 11 is 1.15. The van der Waals surface area contributed by atoms with Gasteiger partial charge in [0, 0.05) is 0 Å². The standard InChI is InChI=1S/C17H18FN5OS/c18-13-7-3-2-6-12(13)15-20-16(23-22-15)25-10-14(24)21-17(11-19)8-4-1-5-9-17/h2-3,6-7H,1,4-5,8-10H2,(H,21,24)(H,20,22,23). The van der Waals surface area contributed by atoms with E-state index in [0.717, 1.165) is 31.0 Å². The third-order valence-corrected chi connectivity index (χ3v) is 5.07. The summed E-state index contributed by atoms with van der Waals surface area (Å²) in [6.45, 7) is 0. The van der Waals surface area contributed by atoms with Crippen molar-refractivity contribution in [3.05, 3.63) is 30.1 Å². The van der Waals surface area contributed by atoms with E-state index in [9.17, 15) is 14.4 Å². The van der Waals surface area contributed by atoms with E-state index in [4.69, 9.17) is 0 Å². The molecule has 1 aromatic heterocycles. The van der Waals surface area contributed by atoms with Gasteiger partial charge in [-0.3, -0.25) is 9.89 Å². The van der Waals surface area contributed by atoms with Crippen molar-refractivity contribution in [1.82, 2.24) is 20.5 Å². The third kappa shape index (κ3) is 4.17. The van der Waals surface area contributed by atoms with Crippen molar-refractivity contribution in [2.24, 2.45) is 0 Å². The van der Waals surface area contributed by atoms with Crippen LogP contribution < -0.4 is 5.32 Å². The molecule has 1 fully saturated rings. The molecule has 1 aliphatic rings. The molecule has 0 radical (unpaired) electrons. The molecule has 1 saturated carbocycles. The van der Waals surface area contributed by atoms with Crippen molar-refractivity contribution in [3.8, 4) is 17.5 Å². The van der Waals surface area contributed by atoms with Crippen LogP contribution >= 0.6 is 11.8 Å². The van der Waals surface area contributed by atoms with Gasteiger partial charge in [0.1, 0.15) is 11.4 Å². The lowest BCUT2D eigenvalue weighted by molar-refractivity contribution is -0.120. The van der Waals surface area contributed by atoms with Gasteiger partial charge in [0.05, 0.1) is 17.4 Å². The maximum Gasteiger partial charge on any atom is 0.231 e. The zero-order valence-corrected chi connectivity index (χ0v) is 14.4. The Bertz CT molecular complexity index is 794. The maximum absolute atomic E-state index is 13.8. The fraction of sp³-hybridized carbons (Fsp3) is 0.412. The van der Waals surface area contributed by atoms with Crippen LogP contribution in [0.4, 0.5) is 4.39 Å². The highest BCUT2D eigenvalue weighted by atomic mass is 32.2. The van der Waals surface area contributed by atoms with Gasteiger partial charge in [-0.2, -0.15) is 5.26 Å². The molecule has 0 spiro atoms. The average molecular weight is 359 g/mol. The molecule has 1 aromatic carbocycles. The molecule has 0 unspecified atom stereocenters. The first-order valence-corrected chi connectivity index (χ1v) is 9.13. The number of rotatable bonds is 5. The van der Waals surface area contributed by atoms with Crippen LogP contribution in [0.1, 0.15) is 32.1 Å². The van der Waals surface area contributed by atoms with Gasteiger partial charge in [0.2, 0.25) is 11.1 Å². The highest BCUT2D eigenvalue weighted by Gasteiger charge is 2.33. The molecule has 0 saturated heterocycles. The topological polar surface area (TPSA) is 94.5 Å².